The SMILES string of the molecule is Cc1cc(C)cc([C@@H]2CC(c3ccccc3)(c3ccccc3)CC(C)(C)[C@@H]2/C=C/C(O)CC(O)CC(=O)O)c1. The number of rotatable bonds is 9. The molecule has 0 spiro atoms. The Morgan fingerprint density at radius 1 is 0.923 bits per heavy atom. The molecule has 0 saturated heterocycles. The van der Waals surface area contributed by atoms with E-state index in [0.717, 1.165) is 12.8 Å². The molecule has 4 atom stereocenters. The van der Waals surface area contributed by atoms with Crippen LogP contribution in [0.25, 0.3) is 0 Å². The Kier molecular flexibility index (Phi) is 8.78. The van der Waals surface area contributed by atoms with Gasteiger partial charge in [0.2, 0.25) is 0 Å². The van der Waals surface area contributed by atoms with Crippen molar-refractivity contribution in [1.82, 2.24) is 0 Å². The molecule has 4 nitrogen and oxygen atoms in total. The van der Waals surface area contributed by atoms with E-state index in [1.54, 1.807) is 6.08 Å². The summed E-state index contributed by atoms with van der Waals surface area (Å²) in [5.74, 6) is -0.759. The molecule has 0 aliphatic heterocycles. The van der Waals surface area contributed by atoms with E-state index in [4.69, 9.17) is 5.11 Å². The quantitative estimate of drug-likeness (QED) is 0.264. The van der Waals surface area contributed by atoms with Crippen LogP contribution < -0.4 is 0 Å². The normalized spacial score (nSPS) is 21.9. The highest BCUT2D eigenvalue weighted by Crippen LogP contribution is 2.59. The number of aliphatic carboxylic acids is 1. The minimum absolute atomic E-state index is 0.00212. The van der Waals surface area contributed by atoms with E-state index in [-0.39, 0.29) is 35.5 Å². The first-order valence-corrected chi connectivity index (χ1v) is 14.0. The topological polar surface area (TPSA) is 77.8 Å². The van der Waals surface area contributed by atoms with Gasteiger partial charge in [-0.3, -0.25) is 4.79 Å². The van der Waals surface area contributed by atoms with Gasteiger partial charge < -0.3 is 15.3 Å². The summed E-state index contributed by atoms with van der Waals surface area (Å²) >= 11 is 0. The fraction of sp³-hybridized carbons (Fsp3) is 0.400. The maximum atomic E-state index is 11.0. The van der Waals surface area contributed by atoms with Gasteiger partial charge in [0.1, 0.15) is 0 Å². The molecule has 1 saturated carbocycles. The van der Waals surface area contributed by atoms with Crippen LogP contribution in [0.4, 0.5) is 0 Å². The second kappa shape index (κ2) is 11.9. The van der Waals surface area contributed by atoms with E-state index in [1.165, 1.54) is 27.8 Å². The van der Waals surface area contributed by atoms with Crippen LogP contribution in [0.5, 0.6) is 0 Å². The van der Waals surface area contributed by atoms with Crippen LogP contribution in [0, 0.1) is 25.2 Å². The Morgan fingerprint density at radius 3 is 1.97 bits per heavy atom. The lowest BCUT2D eigenvalue weighted by atomic mass is 9.50. The molecular formula is C35H42O4. The highest BCUT2D eigenvalue weighted by atomic mass is 16.4. The molecule has 1 aliphatic carbocycles. The molecule has 0 aromatic heterocycles. The van der Waals surface area contributed by atoms with Crippen molar-refractivity contribution in [2.24, 2.45) is 11.3 Å². The van der Waals surface area contributed by atoms with Crippen LogP contribution in [0.3, 0.4) is 0 Å². The van der Waals surface area contributed by atoms with Crippen molar-refractivity contribution in [3.05, 3.63) is 119 Å². The van der Waals surface area contributed by atoms with Gasteiger partial charge in [-0.05, 0) is 60.6 Å². The summed E-state index contributed by atoms with van der Waals surface area (Å²) in [6.45, 7) is 8.93. The minimum Gasteiger partial charge on any atom is -0.481 e. The van der Waals surface area contributed by atoms with Gasteiger partial charge in [-0.1, -0.05) is 116 Å². The molecular weight excluding hydrogens is 484 g/mol. The number of aliphatic hydroxyl groups is 2. The first-order valence-electron chi connectivity index (χ1n) is 14.0. The molecule has 206 valence electrons. The fourth-order valence-electron chi connectivity index (χ4n) is 6.97. The molecule has 3 N–H and O–H groups in total. The maximum absolute atomic E-state index is 11.0. The van der Waals surface area contributed by atoms with E-state index in [2.05, 4.69) is 113 Å². The van der Waals surface area contributed by atoms with Crippen molar-refractivity contribution in [2.45, 2.75) is 76.9 Å². The lowest BCUT2D eigenvalue weighted by Gasteiger charge is -2.53. The number of hydrogen-bond acceptors (Lipinski definition) is 3. The van der Waals surface area contributed by atoms with Crippen LogP contribution in [-0.2, 0) is 10.2 Å². The highest BCUT2D eigenvalue weighted by Gasteiger charge is 2.51. The number of allylic oxidation sites excluding steroid dienone is 1. The number of aryl methyl sites for hydroxylation is 2. The molecule has 3 aromatic carbocycles. The van der Waals surface area contributed by atoms with Crippen molar-refractivity contribution < 1.29 is 20.1 Å². The Labute approximate surface area is 233 Å². The van der Waals surface area contributed by atoms with Crippen molar-refractivity contribution in [1.29, 1.82) is 0 Å². The zero-order valence-electron chi connectivity index (χ0n) is 23.5. The smallest absolute Gasteiger partial charge is 0.305 e. The lowest BCUT2D eigenvalue weighted by molar-refractivity contribution is -0.139. The van der Waals surface area contributed by atoms with Crippen LogP contribution in [0.1, 0.15) is 73.3 Å². The zero-order valence-corrected chi connectivity index (χ0v) is 23.5. The summed E-state index contributed by atoms with van der Waals surface area (Å²) in [4.78, 5) is 11.0. The Balaban J connectivity index is 1.80. The number of carboxylic acids is 1. The van der Waals surface area contributed by atoms with Crippen LogP contribution >= 0.6 is 0 Å². The van der Waals surface area contributed by atoms with Gasteiger partial charge >= 0.3 is 5.97 Å². The predicted octanol–water partition coefficient (Wildman–Crippen LogP) is 6.95. The zero-order chi connectivity index (χ0) is 28.2. The number of benzene rings is 3. The molecule has 4 heteroatoms. The Bertz CT molecular complexity index is 1220. The average Bonchev–Trinajstić information content (AvgIpc) is 2.87. The average molecular weight is 527 g/mol. The van der Waals surface area contributed by atoms with Gasteiger partial charge in [-0.25, -0.2) is 0 Å². The number of carboxylic acid groups (broad SMARTS) is 1. The summed E-state index contributed by atoms with van der Waals surface area (Å²) in [7, 11) is 0. The van der Waals surface area contributed by atoms with E-state index in [1.807, 2.05) is 0 Å². The predicted molar refractivity (Wildman–Crippen MR) is 157 cm³/mol. The van der Waals surface area contributed by atoms with E-state index >= 15 is 0 Å². The highest BCUT2D eigenvalue weighted by molar-refractivity contribution is 5.67. The number of carbonyl (C=O) groups is 1. The number of aliphatic hydroxyl groups excluding tert-OH is 2. The van der Waals surface area contributed by atoms with Crippen LogP contribution in [0.15, 0.2) is 91.0 Å². The minimum atomic E-state index is -1.08. The Hall–Kier alpha value is -3.21. The molecule has 3 aromatic rings. The molecule has 1 fully saturated rings. The number of hydrogen-bond donors (Lipinski definition) is 3. The monoisotopic (exact) mass is 526 g/mol. The van der Waals surface area contributed by atoms with E-state index in [0.29, 0.717) is 0 Å². The largest absolute Gasteiger partial charge is 0.481 e. The second-order valence-corrected chi connectivity index (χ2v) is 12.2. The van der Waals surface area contributed by atoms with Gasteiger partial charge in [0.05, 0.1) is 18.6 Å². The summed E-state index contributed by atoms with van der Waals surface area (Å²) in [5, 5.41) is 29.7. The third-order valence-electron chi connectivity index (χ3n) is 8.45. The van der Waals surface area contributed by atoms with Gasteiger partial charge in [0.25, 0.3) is 0 Å². The third-order valence-corrected chi connectivity index (χ3v) is 8.45. The molecule has 2 unspecified atom stereocenters. The van der Waals surface area contributed by atoms with Gasteiger partial charge in [0.15, 0.2) is 0 Å². The van der Waals surface area contributed by atoms with Crippen molar-refractivity contribution >= 4 is 5.97 Å². The standard InChI is InChI=1S/C35H42O4/c1-24-17-25(2)19-26(18-24)31-22-35(27-11-7-5-8-12-27,28-13-9-6-10-14-28)23-34(3,4)32(31)16-15-29(36)20-30(37)21-33(38)39/h5-19,29-32,36-37H,20-23H2,1-4H3,(H,38,39)/b16-15+/t29?,30?,31-,32+/m0/s1. The van der Waals surface area contributed by atoms with Gasteiger partial charge in [0, 0.05) is 11.8 Å². The van der Waals surface area contributed by atoms with Crippen molar-refractivity contribution in [3.8, 4) is 0 Å². The summed E-state index contributed by atoms with van der Waals surface area (Å²) in [6, 6.07) is 28.5. The molecule has 0 radical (unpaired) electrons. The van der Waals surface area contributed by atoms with Crippen molar-refractivity contribution in [2.75, 3.05) is 0 Å². The molecule has 39 heavy (non-hydrogen) atoms. The summed E-state index contributed by atoms with van der Waals surface area (Å²) in [6.07, 6.45) is 3.38. The first kappa shape index (κ1) is 28.8. The molecule has 0 amide bonds. The second-order valence-electron chi connectivity index (χ2n) is 12.2. The fourth-order valence-corrected chi connectivity index (χ4v) is 6.97. The van der Waals surface area contributed by atoms with E-state index < -0.39 is 18.2 Å². The lowest BCUT2D eigenvalue weighted by Crippen LogP contribution is -2.46. The van der Waals surface area contributed by atoms with Crippen LogP contribution in [-0.4, -0.2) is 33.5 Å². The van der Waals surface area contributed by atoms with E-state index in [9.17, 15) is 15.0 Å². The maximum Gasteiger partial charge on any atom is 0.305 e. The summed E-state index contributed by atoms with van der Waals surface area (Å²) in [5.41, 5.74) is 6.08. The van der Waals surface area contributed by atoms with Crippen LogP contribution in [0.2, 0.25) is 0 Å². The Morgan fingerprint density at radius 2 is 1.46 bits per heavy atom. The summed E-state index contributed by atoms with van der Waals surface area (Å²) < 4.78 is 0. The van der Waals surface area contributed by atoms with Crippen molar-refractivity contribution in [3.63, 3.8) is 0 Å². The van der Waals surface area contributed by atoms with Gasteiger partial charge in [-0.15, -0.1) is 0 Å². The van der Waals surface area contributed by atoms with Gasteiger partial charge in [-0.2, -0.15) is 0 Å². The molecule has 4 rings (SSSR count). The molecule has 1 aliphatic rings. The third kappa shape index (κ3) is 6.69. The molecule has 0 heterocycles. The molecule has 0 bridgehead atoms. The first-order chi connectivity index (χ1) is 18.5.